The summed E-state index contributed by atoms with van der Waals surface area (Å²) in [7, 11) is 2.03. The molecular weight excluding hydrogens is 333 g/mol. The van der Waals surface area contributed by atoms with Crippen LogP contribution in [0.25, 0.3) is 0 Å². The monoisotopic (exact) mass is 355 g/mol. The quantitative estimate of drug-likeness (QED) is 0.850. The van der Waals surface area contributed by atoms with E-state index in [9.17, 15) is 4.39 Å². The summed E-state index contributed by atoms with van der Waals surface area (Å²) < 4.78 is 20.9. The lowest BCUT2D eigenvalue weighted by atomic mass is 9.58. The molecular formula is C17H23BrFNO. The predicted molar refractivity (Wildman–Crippen MR) is 86.1 cm³/mol. The minimum atomic E-state index is -0.269. The molecule has 3 rings (SSSR count). The van der Waals surface area contributed by atoms with E-state index in [2.05, 4.69) is 21.2 Å². The SMILES string of the molecule is CNC1CC(Oc2cc(Br)ccc2F)C12CCCCCC2. The Kier molecular flexibility index (Phi) is 4.55. The molecule has 116 valence electrons. The van der Waals surface area contributed by atoms with Crippen molar-refractivity contribution in [1.82, 2.24) is 5.32 Å². The van der Waals surface area contributed by atoms with Crippen LogP contribution in [-0.4, -0.2) is 19.2 Å². The van der Waals surface area contributed by atoms with Gasteiger partial charge in [-0.1, -0.05) is 41.6 Å². The Balaban J connectivity index is 1.79. The van der Waals surface area contributed by atoms with Crippen molar-refractivity contribution in [2.24, 2.45) is 5.41 Å². The number of hydrogen-bond acceptors (Lipinski definition) is 2. The number of ether oxygens (including phenoxy) is 1. The molecule has 2 fully saturated rings. The minimum absolute atomic E-state index is 0.136. The van der Waals surface area contributed by atoms with Crippen molar-refractivity contribution in [3.05, 3.63) is 28.5 Å². The van der Waals surface area contributed by atoms with Crippen molar-refractivity contribution in [3.8, 4) is 5.75 Å². The molecule has 2 unspecified atom stereocenters. The number of nitrogens with one attached hydrogen (secondary N) is 1. The molecule has 0 bridgehead atoms. The average Bonchev–Trinajstić information content (AvgIpc) is 2.74. The fraction of sp³-hybridized carbons (Fsp3) is 0.647. The van der Waals surface area contributed by atoms with Gasteiger partial charge in [0.2, 0.25) is 0 Å². The Bertz CT molecular complexity index is 500. The average molecular weight is 356 g/mol. The van der Waals surface area contributed by atoms with Crippen LogP contribution >= 0.6 is 15.9 Å². The summed E-state index contributed by atoms with van der Waals surface area (Å²) in [4.78, 5) is 0. The first-order valence-corrected chi connectivity index (χ1v) is 8.74. The Labute approximate surface area is 134 Å². The lowest BCUT2D eigenvalue weighted by Crippen LogP contribution is -2.64. The summed E-state index contributed by atoms with van der Waals surface area (Å²) in [5, 5.41) is 3.45. The van der Waals surface area contributed by atoms with Crippen molar-refractivity contribution in [1.29, 1.82) is 0 Å². The molecule has 1 aromatic rings. The molecule has 1 N–H and O–H groups in total. The normalized spacial score (nSPS) is 28.0. The summed E-state index contributed by atoms with van der Waals surface area (Å²) in [6.45, 7) is 0. The van der Waals surface area contributed by atoms with Crippen molar-refractivity contribution in [2.75, 3.05) is 7.05 Å². The Morgan fingerprint density at radius 2 is 1.95 bits per heavy atom. The lowest BCUT2D eigenvalue weighted by Gasteiger charge is -2.55. The molecule has 0 radical (unpaired) electrons. The topological polar surface area (TPSA) is 21.3 Å². The number of halogens is 2. The van der Waals surface area contributed by atoms with Crippen molar-refractivity contribution in [2.45, 2.75) is 57.1 Å². The van der Waals surface area contributed by atoms with Crippen LogP contribution in [0.3, 0.4) is 0 Å². The van der Waals surface area contributed by atoms with E-state index in [-0.39, 0.29) is 17.3 Å². The van der Waals surface area contributed by atoms with Crippen LogP contribution in [0.15, 0.2) is 22.7 Å². The van der Waals surface area contributed by atoms with Crippen molar-refractivity contribution < 1.29 is 9.13 Å². The van der Waals surface area contributed by atoms with Crippen molar-refractivity contribution in [3.63, 3.8) is 0 Å². The van der Waals surface area contributed by atoms with Crippen LogP contribution in [0.1, 0.15) is 44.9 Å². The fourth-order valence-electron chi connectivity index (χ4n) is 4.10. The number of hydrogen-bond donors (Lipinski definition) is 1. The van der Waals surface area contributed by atoms with Gasteiger partial charge in [-0.15, -0.1) is 0 Å². The van der Waals surface area contributed by atoms with E-state index < -0.39 is 0 Å². The first kappa shape index (κ1) is 15.3. The second-order valence-corrected chi connectivity index (χ2v) is 7.32. The van der Waals surface area contributed by atoms with Crippen LogP contribution in [-0.2, 0) is 0 Å². The van der Waals surface area contributed by atoms with Gasteiger partial charge in [0, 0.05) is 22.4 Å². The molecule has 2 atom stereocenters. The second kappa shape index (κ2) is 6.25. The largest absolute Gasteiger partial charge is 0.487 e. The first-order valence-electron chi connectivity index (χ1n) is 7.95. The van der Waals surface area contributed by atoms with Gasteiger partial charge >= 0.3 is 0 Å². The lowest BCUT2D eigenvalue weighted by molar-refractivity contribution is -0.0895. The molecule has 0 aliphatic heterocycles. The maximum atomic E-state index is 13.9. The van der Waals surface area contributed by atoms with Gasteiger partial charge in [-0.25, -0.2) is 4.39 Å². The Morgan fingerprint density at radius 3 is 2.62 bits per heavy atom. The minimum Gasteiger partial charge on any atom is -0.487 e. The summed E-state index contributed by atoms with van der Waals surface area (Å²) in [6, 6.07) is 5.43. The molecule has 0 saturated heterocycles. The number of benzene rings is 1. The van der Waals surface area contributed by atoms with Crippen LogP contribution in [0, 0.1) is 11.2 Å². The predicted octanol–water partition coefficient (Wildman–Crippen LogP) is 4.67. The van der Waals surface area contributed by atoms with Crippen molar-refractivity contribution >= 4 is 15.9 Å². The maximum Gasteiger partial charge on any atom is 0.165 e. The first-order chi connectivity index (χ1) is 10.2. The van der Waals surface area contributed by atoms with E-state index in [1.54, 1.807) is 12.1 Å². The van der Waals surface area contributed by atoms with Gasteiger partial charge < -0.3 is 10.1 Å². The Hall–Kier alpha value is -0.610. The summed E-state index contributed by atoms with van der Waals surface area (Å²) in [6.07, 6.45) is 8.65. The van der Waals surface area contributed by atoms with Gasteiger partial charge in [-0.05, 0) is 38.1 Å². The third-order valence-electron chi connectivity index (χ3n) is 5.33. The van der Waals surface area contributed by atoms with Crippen LogP contribution in [0.2, 0.25) is 0 Å². The third kappa shape index (κ3) is 2.85. The van der Waals surface area contributed by atoms with Gasteiger partial charge in [0.25, 0.3) is 0 Å². The number of rotatable bonds is 3. The molecule has 2 aliphatic carbocycles. The van der Waals surface area contributed by atoms with Gasteiger partial charge in [0.05, 0.1) is 0 Å². The zero-order chi connectivity index (χ0) is 14.9. The van der Waals surface area contributed by atoms with Gasteiger partial charge in [0.15, 0.2) is 11.6 Å². The molecule has 2 nitrogen and oxygen atoms in total. The fourth-order valence-corrected chi connectivity index (χ4v) is 4.44. The van der Waals surface area contributed by atoms with Crippen LogP contribution in [0.5, 0.6) is 5.75 Å². The zero-order valence-corrected chi connectivity index (χ0v) is 14.1. The van der Waals surface area contributed by atoms with Crippen LogP contribution in [0.4, 0.5) is 4.39 Å². The molecule has 21 heavy (non-hydrogen) atoms. The second-order valence-electron chi connectivity index (χ2n) is 6.41. The highest BCUT2D eigenvalue weighted by molar-refractivity contribution is 9.10. The van der Waals surface area contributed by atoms with E-state index in [4.69, 9.17) is 4.74 Å². The summed E-state index contributed by atoms with van der Waals surface area (Å²) >= 11 is 3.39. The van der Waals surface area contributed by atoms with Gasteiger partial charge in [0.1, 0.15) is 6.10 Å². The smallest absolute Gasteiger partial charge is 0.165 e. The standard InChI is InChI=1S/C17H23BrFNO/c1-20-15-11-16(17(15)8-4-2-3-5-9-17)21-14-10-12(18)6-7-13(14)19/h6-7,10,15-16,20H,2-5,8-9,11H2,1H3. The van der Waals surface area contributed by atoms with E-state index in [0.717, 1.165) is 10.9 Å². The summed E-state index contributed by atoms with van der Waals surface area (Å²) in [5.74, 6) is 0.113. The highest BCUT2D eigenvalue weighted by Gasteiger charge is 2.55. The molecule has 0 aromatic heterocycles. The van der Waals surface area contributed by atoms with Gasteiger partial charge in [-0.3, -0.25) is 0 Å². The zero-order valence-electron chi connectivity index (χ0n) is 12.5. The highest BCUT2D eigenvalue weighted by atomic mass is 79.9. The van der Waals surface area contributed by atoms with E-state index in [1.807, 2.05) is 7.05 Å². The molecule has 2 saturated carbocycles. The summed E-state index contributed by atoms with van der Waals surface area (Å²) in [5.41, 5.74) is 0.194. The van der Waals surface area contributed by atoms with Gasteiger partial charge in [-0.2, -0.15) is 0 Å². The third-order valence-corrected chi connectivity index (χ3v) is 5.82. The molecule has 1 aromatic carbocycles. The van der Waals surface area contributed by atoms with Crippen LogP contribution < -0.4 is 10.1 Å². The highest BCUT2D eigenvalue weighted by Crippen LogP contribution is 2.52. The molecule has 1 spiro atoms. The molecule has 0 heterocycles. The van der Waals surface area contributed by atoms with E-state index in [0.29, 0.717) is 11.8 Å². The Morgan fingerprint density at radius 1 is 1.24 bits per heavy atom. The van der Waals surface area contributed by atoms with E-state index >= 15 is 0 Å². The molecule has 0 amide bonds. The maximum absolute atomic E-state index is 13.9. The molecule has 2 aliphatic rings. The van der Waals surface area contributed by atoms with E-state index in [1.165, 1.54) is 44.6 Å². The molecule has 4 heteroatoms.